The van der Waals surface area contributed by atoms with Crippen LogP contribution in [0.3, 0.4) is 0 Å². The molecule has 0 fully saturated rings. The Balaban J connectivity index is 0.00000225. The standard InChI is InChI=1S/C43H56O2Si2.2ClH.Zr/c1-7-46(8-2,9-3)44-29-27-43(28-30-45-47(10-4,11-5)12-6,41-25-17-23-37-35-21-15-13-19-33(35)31-39(37)41)42-26-18-24-38-36-22-16-14-20-34(36)32-40(38)42;;;/h13-26H,7-12,27-32H2,1-6H3;2*1H;/q;;;+2/p-2. The average molecular weight is 823 g/mol. The molecule has 4 aromatic carbocycles. The van der Waals surface area contributed by atoms with Gasteiger partial charge in [0.05, 0.1) is 0 Å². The van der Waals surface area contributed by atoms with E-state index in [0.717, 1.165) is 38.9 Å². The molecule has 7 heteroatoms. The molecule has 0 N–H and O–H groups in total. The van der Waals surface area contributed by atoms with Gasteiger partial charge in [0.15, 0.2) is 16.6 Å². The van der Waals surface area contributed by atoms with Crippen LogP contribution in [0.5, 0.6) is 0 Å². The number of hydrogen-bond acceptors (Lipinski definition) is 2. The SMILES string of the molecule is CC[Si](CC)(CC)OCCC(CCO[Si](CC)(CC)CC)(c1cccc2c1Cc1ccccc1-2)c1cccc2c1Cc1ccccc1-2.[Cl-].[Cl-].[Zr+2]. The number of rotatable bonds is 16. The first kappa shape index (κ1) is 43.1. The summed E-state index contributed by atoms with van der Waals surface area (Å²) in [7, 11) is -3.53. The van der Waals surface area contributed by atoms with E-state index in [2.05, 4.69) is 126 Å². The van der Waals surface area contributed by atoms with Gasteiger partial charge in [-0.15, -0.1) is 0 Å². The van der Waals surface area contributed by atoms with Crippen LogP contribution in [0.2, 0.25) is 36.3 Å². The van der Waals surface area contributed by atoms with E-state index < -0.39 is 16.6 Å². The fourth-order valence-electron chi connectivity index (χ4n) is 9.02. The van der Waals surface area contributed by atoms with E-state index in [1.54, 1.807) is 0 Å². The second-order valence-electron chi connectivity index (χ2n) is 14.1. The fraction of sp³-hybridized carbons (Fsp3) is 0.442. The van der Waals surface area contributed by atoms with Crippen molar-refractivity contribution in [3.05, 3.63) is 118 Å². The zero-order chi connectivity index (χ0) is 33.1. The molecule has 0 saturated carbocycles. The van der Waals surface area contributed by atoms with E-state index in [4.69, 9.17) is 8.85 Å². The first-order valence-corrected chi connectivity index (χ1v) is 23.7. The van der Waals surface area contributed by atoms with Crippen LogP contribution in [0, 0.1) is 0 Å². The average Bonchev–Trinajstić information content (AvgIpc) is 3.70. The van der Waals surface area contributed by atoms with Gasteiger partial charge in [0, 0.05) is 18.6 Å². The summed E-state index contributed by atoms with van der Waals surface area (Å²) >= 11 is 0. The molecule has 266 valence electrons. The van der Waals surface area contributed by atoms with Gasteiger partial charge in [-0.1, -0.05) is 126 Å². The van der Waals surface area contributed by atoms with Crippen molar-refractivity contribution in [2.75, 3.05) is 13.2 Å². The quantitative estimate of drug-likeness (QED) is 0.113. The second kappa shape index (κ2) is 18.6. The Morgan fingerprint density at radius 1 is 0.480 bits per heavy atom. The minimum atomic E-state index is -1.77. The second-order valence-corrected chi connectivity index (χ2v) is 23.6. The van der Waals surface area contributed by atoms with Crippen LogP contribution < -0.4 is 24.8 Å². The normalized spacial score (nSPS) is 12.9. The maximum Gasteiger partial charge on any atom is 2.00 e. The third-order valence-electron chi connectivity index (χ3n) is 12.5. The van der Waals surface area contributed by atoms with Crippen molar-refractivity contribution in [3.63, 3.8) is 0 Å². The summed E-state index contributed by atoms with van der Waals surface area (Å²) in [5.74, 6) is 0. The van der Waals surface area contributed by atoms with Crippen LogP contribution in [0.4, 0.5) is 0 Å². The van der Waals surface area contributed by atoms with E-state index in [-0.39, 0.29) is 56.4 Å². The van der Waals surface area contributed by atoms with Gasteiger partial charge in [0.1, 0.15) is 0 Å². The van der Waals surface area contributed by atoms with Crippen LogP contribution in [0.15, 0.2) is 84.9 Å². The molecule has 0 spiro atoms. The molecule has 4 aromatic rings. The van der Waals surface area contributed by atoms with Gasteiger partial charge in [-0.25, -0.2) is 0 Å². The summed E-state index contributed by atoms with van der Waals surface area (Å²) in [6, 6.07) is 39.5. The van der Waals surface area contributed by atoms with Crippen molar-refractivity contribution in [1.29, 1.82) is 0 Å². The predicted molar refractivity (Wildman–Crippen MR) is 206 cm³/mol. The molecule has 0 unspecified atom stereocenters. The van der Waals surface area contributed by atoms with Crippen molar-refractivity contribution >= 4 is 16.6 Å². The molecule has 0 saturated heterocycles. The molecule has 2 aliphatic rings. The largest absolute Gasteiger partial charge is 2.00 e. The number of halogens is 2. The maximum atomic E-state index is 7.16. The molecule has 0 amide bonds. The molecule has 0 bridgehead atoms. The molecule has 0 heterocycles. The molecule has 6 rings (SSSR count). The molecule has 0 aliphatic heterocycles. The van der Waals surface area contributed by atoms with Crippen LogP contribution in [0.25, 0.3) is 22.3 Å². The molecule has 0 aromatic heterocycles. The monoisotopic (exact) mass is 820 g/mol. The fourth-order valence-corrected chi connectivity index (χ4v) is 14.3. The van der Waals surface area contributed by atoms with Gasteiger partial charge in [0.25, 0.3) is 0 Å². The zero-order valence-electron chi connectivity index (χ0n) is 31.1. The molecular formula is C43H56Cl2O2Si2Zr. The topological polar surface area (TPSA) is 18.5 Å². The van der Waals surface area contributed by atoms with E-state index in [1.165, 1.54) is 91.9 Å². The van der Waals surface area contributed by atoms with Crippen molar-refractivity contribution in [1.82, 2.24) is 0 Å². The first-order valence-electron chi connectivity index (χ1n) is 18.6. The summed E-state index contributed by atoms with van der Waals surface area (Å²) in [4.78, 5) is 0. The van der Waals surface area contributed by atoms with E-state index in [9.17, 15) is 0 Å². The van der Waals surface area contributed by atoms with E-state index >= 15 is 0 Å². The Labute approximate surface area is 336 Å². The molecule has 0 radical (unpaired) electrons. The van der Waals surface area contributed by atoms with Crippen molar-refractivity contribution in [3.8, 4) is 22.3 Å². The van der Waals surface area contributed by atoms with Gasteiger partial charge < -0.3 is 33.7 Å². The summed E-state index contributed by atoms with van der Waals surface area (Å²) < 4.78 is 14.3. The minimum Gasteiger partial charge on any atom is -1.00 e. The minimum absolute atomic E-state index is 0. The van der Waals surface area contributed by atoms with Crippen LogP contribution >= 0.6 is 0 Å². The van der Waals surface area contributed by atoms with E-state index in [0.29, 0.717) is 0 Å². The molecule has 2 aliphatic carbocycles. The third-order valence-corrected chi connectivity index (χ3v) is 21.8. The Morgan fingerprint density at radius 2 is 0.820 bits per heavy atom. The summed E-state index contributed by atoms with van der Waals surface area (Å²) in [5, 5.41) is 0. The molecule has 0 atom stereocenters. The summed E-state index contributed by atoms with van der Waals surface area (Å²) in [5.41, 5.74) is 14.3. The summed E-state index contributed by atoms with van der Waals surface area (Å²) in [6.07, 6.45) is 3.94. The Hall–Kier alpha value is -1.30. The van der Waals surface area contributed by atoms with Crippen LogP contribution in [0.1, 0.15) is 87.8 Å². The van der Waals surface area contributed by atoms with E-state index in [1.807, 2.05) is 0 Å². The third kappa shape index (κ3) is 7.96. The molecule has 50 heavy (non-hydrogen) atoms. The van der Waals surface area contributed by atoms with Crippen LogP contribution in [-0.4, -0.2) is 29.8 Å². The Bertz CT molecular complexity index is 1560. The smallest absolute Gasteiger partial charge is 1.00 e. The summed E-state index contributed by atoms with van der Waals surface area (Å²) in [6.45, 7) is 15.7. The van der Waals surface area contributed by atoms with Gasteiger partial charge in [0.2, 0.25) is 0 Å². The van der Waals surface area contributed by atoms with Crippen LogP contribution in [-0.2, 0) is 53.3 Å². The predicted octanol–water partition coefficient (Wildman–Crippen LogP) is 5.94. The van der Waals surface area contributed by atoms with Gasteiger partial charge in [-0.2, -0.15) is 0 Å². The zero-order valence-corrected chi connectivity index (χ0v) is 37.1. The van der Waals surface area contributed by atoms with Crippen molar-refractivity contribution in [2.24, 2.45) is 0 Å². The van der Waals surface area contributed by atoms with Gasteiger partial charge in [-0.3, -0.25) is 0 Å². The Kier molecular flexibility index (Phi) is 16.1. The number of fused-ring (bicyclic) bond motifs is 6. The van der Waals surface area contributed by atoms with Crippen molar-refractivity contribution < 1.29 is 59.9 Å². The van der Waals surface area contributed by atoms with Gasteiger partial charge >= 0.3 is 26.2 Å². The maximum absolute atomic E-state index is 7.16. The number of benzene rings is 4. The van der Waals surface area contributed by atoms with Crippen molar-refractivity contribution in [2.45, 2.75) is 109 Å². The van der Waals surface area contributed by atoms with Gasteiger partial charge in [-0.05, 0) is 118 Å². The molecule has 2 nitrogen and oxygen atoms in total. The number of hydrogen-bond donors (Lipinski definition) is 0. The molecular weight excluding hydrogens is 767 g/mol. The first-order chi connectivity index (χ1) is 22.9. The Morgan fingerprint density at radius 3 is 1.18 bits per heavy atom.